The van der Waals surface area contributed by atoms with Gasteiger partial charge in [0.2, 0.25) is 0 Å². The normalized spacial score (nSPS) is 9.64. The molecule has 0 aromatic carbocycles. The molecule has 2 amide bonds. The molecule has 0 rings (SSSR count). The summed E-state index contributed by atoms with van der Waals surface area (Å²) >= 11 is 0. The van der Waals surface area contributed by atoms with Gasteiger partial charge < -0.3 is 19.7 Å². The van der Waals surface area contributed by atoms with Gasteiger partial charge in [-0.3, -0.25) is 9.80 Å². The van der Waals surface area contributed by atoms with Crippen molar-refractivity contribution in [3.8, 4) is 0 Å². The zero-order chi connectivity index (χ0) is 17.3. The summed E-state index contributed by atoms with van der Waals surface area (Å²) in [4.78, 5) is 35.9. The molecule has 0 aliphatic rings. The Bertz CT molecular complexity index is 421. The van der Waals surface area contributed by atoms with Crippen molar-refractivity contribution in [2.45, 2.75) is 13.8 Å². The van der Waals surface area contributed by atoms with Crippen LogP contribution in [-0.4, -0.2) is 64.9 Å². The van der Waals surface area contributed by atoms with Gasteiger partial charge in [-0.1, -0.05) is 13.2 Å². The third kappa shape index (κ3) is 6.37. The van der Waals surface area contributed by atoms with Crippen LogP contribution in [0.4, 0.5) is 4.79 Å². The molecule has 124 valence electrons. The van der Waals surface area contributed by atoms with Gasteiger partial charge in [-0.2, -0.15) is 0 Å². The number of amides is 2. The van der Waals surface area contributed by atoms with Crippen LogP contribution in [0.5, 0.6) is 0 Å². The number of hydrogen-bond donors (Lipinski definition) is 2. The summed E-state index contributed by atoms with van der Waals surface area (Å²) in [6.07, 6.45) is 0. The molecule has 0 aliphatic carbocycles. The molecule has 0 saturated carbocycles. The number of carbonyl (C=O) groups is 3. The van der Waals surface area contributed by atoms with Crippen molar-refractivity contribution in [2.75, 3.05) is 26.9 Å². The lowest BCUT2D eigenvalue weighted by Gasteiger charge is -2.27. The van der Waals surface area contributed by atoms with Crippen molar-refractivity contribution >= 4 is 18.0 Å². The highest BCUT2D eigenvalue weighted by molar-refractivity contribution is 5.87. The summed E-state index contributed by atoms with van der Waals surface area (Å²) < 4.78 is 9.43. The Labute approximate surface area is 128 Å². The minimum absolute atomic E-state index is 0.125. The number of aliphatic hydroxyl groups excluding tert-OH is 2. The third-order valence-corrected chi connectivity index (χ3v) is 2.28. The van der Waals surface area contributed by atoms with Gasteiger partial charge in [0.05, 0.1) is 0 Å². The molecule has 0 aliphatic heterocycles. The SMILES string of the molecule is C=C(C)C(=O)OCN(CO)C(=O)N(CO)COC(=O)C(=C)C. The van der Waals surface area contributed by atoms with Gasteiger partial charge in [0.25, 0.3) is 0 Å². The standard InChI is InChI=1S/C13H20N2O7/c1-9(2)11(18)21-7-14(5-16)13(20)15(6-17)8-22-12(19)10(3)4/h16-17H,1,3,5-8H2,2,4H3. The lowest BCUT2D eigenvalue weighted by atomic mass is 10.4. The fourth-order valence-electron chi connectivity index (χ4n) is 1.03. The molecule has 0 bridgehead atoms. The Hall–Kier alpha value is -2.39. The first-order valence-electron chi connectivity index (χ1n) is 6.15. The van der Waals surface area contributed by atoms with E-state index in [2.05, 4.69) is 13.2 Å². The fourth-order valence-corrected chi connectivity index (χ4v) is 1.03. The van der Waals surface area contributed by atoms with Gasteiger partial charge in [0.15, 0.2) is 13.5 Å². The van der Waals surface area contributed by atoms with Crippen molar-refractivity contribution in [3.63, 3.8) is 0 Å². The Morgan fingerprint density at radius 3 is 1.41 bits per heavy atom. The highest BCUT2D eigenvalue weighted by Crippen LogP contribution is 2.02. The molecule has 22 heavy (non-hydrogen) atoms. The van der Waals surface area contributed by atoms with E-state index in [1.165, 1.54) is 13.8 Å². The van der Waals surface area contributed by atoms with E-state index in [9.17, 15) is 14.4 Å². The summed E-state index contributed by atoms with van der Waals surface area (Å²) in [5.74, 6) is -1.48. The number of ether oxygens (including phenoxy) is 2. The monoisotopic (exact) mass is 316 g/mol. The minimum atomic E-state index is -0.894. The molecular formula is C13H20N2O7. The Morgan fingerprint density at radius 2 is 1.18 bits per heavy atom. The van der Waals surface area contributed by atoms with E-state index in [1.54, 1.807) is 0 Å². The highest BCUT2D eigenvalue weighted by Gasteiger charge is 2.22. The maximum absolute atomic E-state index is 12.0. The maximum atomic E-state index is 12.0. The van der Waals surface area contributed by atoms with E-state index >= 15 is 0 Å². The van der Waals surface area contributed by atoms with Crippen LogP contribution in [-0.2, 0) is 19.1 Å². The first kappa shape index (κ1) is 19.6. The molecule has 0 unspecified atom stereocenters. The van der Waals surface area contributed by atoms with Gasteiger partial charge in [0, 0.05) is 11.1 Å². The van der Waals surface area contributed by atoms with Crippen LogP contribution in [0.2, 0.25) is 0 Å². The second kappa shape index (κ2) is 9.53. The minimum Gasteiger partial charge on any atom is -0.441 e. The van der Waals surface area contributed by atoms with Gasteiger partial charge in [-0.25, -0.2) is 14.4 Å². The number of rotatable bonds is 8. The molecule has 9 nitrogen and oxygen atoms in total. The molecular weight excluding hydrogens is 296 g/mol. The zero-order valence-electron chi connectivity index (χ0n) is 12.6. The van der Waals surface area contributed by atoms with Crippen LogP contribution < -0.4 is 0 Å². The van der Waals surface area contributed by atoms with Crippen LogP contribution >= 0.6 is 0 Å². The summed E-state index contributed by atoms with van der Waals surface area (Å²) in [6.45, 7) is 6.93. The highest BCUT2D eigenvalue weighted by atomic mass is 16.6. The number of aliphatic hydroxyl groups is 2. The smallest absolute Gasteiger partial charge is 0.334 e. The Morgan fingerprint density at radius 1 is 0.864 bits per heavy atom. The molecule has 2 N–H and O–H groups in total. The van der Waals surface area contributed by atoms with Gasteiger partial charge in [-0.15, -0.1) is 0 Å². The van der Waals surface area contributed by atoms with Crippen molar-refractivity contribution in [3.05, 3.63) is 24.3 Å². The third-order valence-electron chi connectivity index (χ3n) is 2.28. The number of esters is 2. The summed E-state index contributed by atoms with van der Waals surface area (Å²) in [6, 6.07) is -0.894. The van der Waals surface area contributed by atoms with E-state index < -0.39 is 44.9 Å². The zero-order valence-corrected chi connectivity index (χ0v) is 12.6. The van der Waals surface area contributed by atoms with Crippen LogP contribution in [0, 0.1) is 0 Å². The molecule has 0 radical (unpaired) electrons. The number of nitrogens with zero attached hydrogens (tertiary/aromatic N) is 2. The van der Waals surface area contributed by atoms with E-state index in [-0.39, 0.29) is 11.1 Å². The average molecular weight is 316 g/mol. The molecule has 0 aromatic heterocycles. The first-order chi connectivity index (χ1) is 10.2. The summed E-state index contributed by atoms with van der Waals surface area (Å²) in [5.41, 5.74) is 0.250. The lowest BCUT2D eigenvalue weighted by Crippen LogP contribution is -2.46. The predicted octanol–water partition coefficient (Wildman–Crippen LogP) is -0.236. The second-order valence-corrected chi connectivity index (χ2v) is 4.33. The summed E-state index contributed by atoms with van der Waals surface area (Å²) in [5, 5.41) is 18.2. The number of urea groups is 1. The topological polar surface area (TPSA) is 117 Å². The number of hydrogen-bond acceptors (Lipinski definition) is 7. The molecule has 0 atom stereocenters. The fraction of sp³-hybridized carbons (Fsp3) is 0.462. The van der Waals surface area contributed by atoms with Crippen molar-refractivity contribution in [1.29, 1.82) is 0 Å². The van der Waals surface area contributed by atoms with E-state index in [4.69, 9.17) is 19.7 Å². The van der Waals surface area contributed by atoms with Crippen LogP contribution in [0.15, 0.2) is 24.3 Å². The quantitative estimate of drug-likeness (QED) is 0.361. The largest absolute Gasteiger partial charge is 0.441 e. The Kier molecular flexibility index (Phi) is 8.49. The number of carbonyl (C=O) groups excluding carboxylic acids is 3. The van der Waals surface area contributed by atoms with Crippen molar-refractivity contribution in [2.24, 2.45) is 0 Å². The van der Waals surface area contributed by atoms with E-state index in [0.29, 0.717) is 9.80 Å². The molecule has 0 spiro atoms. The molecule has 0 fully saturated rings. The van der Waals surface area contributed by atoms with E-state index in [0.717, 1.165) is 0 Å². The summed E-state index contributed by atoms with van der Waals surface area (Å²) in [7, 11) is 0. The predicted molar refractivity (Wildman–Crippen MR) is 74.8 cm³/mol. The molecule has 0 aromatic rings. The van der Waals surface area contributed by atoms with Gasteiger partial charge >= 0.3 is 18.0 Å². The molecule has 0 saturated heterocycles. The Balaban J connectivity index is 4.62. The van der Waals surface area contributed by atoms with Crippen molar-refractivity contribution in [1.82, 2.24) is 9.80 Å². The van der Waals surface area contributed by atoms with Gasteiger partial charge in [-0.05, 0) is 13.8 Å². The van der Waals surface area contributed by atoms with Crippen LogP contribution in [0.25, 0.3) is 0 Å². The maximum Gasteiger partial charge on any atom is 0.334 e. The van der Waals surface area contributed by atoms with Gasteiger partial charge in [0.1, 0.15) is 13.5 Å². The first-order valence-corrected chi connectivity index (χ1v) is 6.15. The van der Waals surface area contributed by atoms with Crippen molar-refractivity contribution < 1.29 is 34.1 Å². The van der Waals surface area contributed by atoms with Crippen LogP contribution in [0.3, 0.4) is 0 Å². The van der Waals surface area contributed by atoms with E-state index in [1.807, 2.05) is 0 Å². The lowest BCUT2D eigenvalue weighted by molar-refractivity contribution is -0.145. The average Bonchev–Trinajstić information content (AvgIpc) is 2.47. The molecule has 9 heteroatoms. The molecule has 0 heterocycles. The second-order valence-electron chi connectivity index (χ2n) is 4.33. The van der Waals surface area contributed by atoms with Crippen LogP contribution in [0.1, 0.15) is 13.8 Å².